The van der Waals surface area contributed by atoms with Crippen LogP contribution in [-0.2, 0) is 7.05 Å². The lowest BCUT2D eigenvalue weighted by molar-refractivity contribution is -0.384. The summed E-state index contributed by atoms with van der Waals surface area (Å²) in [6, 6.07) is 6.17. The summed E-state index contributed by atoms with van der Waals surface area (Å²) >= 11 is 0. The van der Waals surface area contributed by atoms with Crippen molar-refractivity contribution in [3.8, 4) is 0 Å². The van der Waals surface area contributed by atoms with Gasteiger partial charge in [-0.2, -0.15) is 10.1 Å². The van der Waals surface area contributed by atoms with Crippen LogP contribution < -0.4 is 10.6 Å². The summed E-state index contributed by atoms with van der Waals surface area (Å²) in [4.78, 5) is 19.0. The Morgan fingerprint density at radius 3 is 2.75 bits per heavy atom. The van der Waals surface area contributed by atoms with E-state index >= 15 is 0 Å². The van der Waals surface area contributed by atoms with Crippen LogP contribution >= 0.6 is 0 Å². The number of benzene rings is 1. The van der Waals surface area contributed by atoms with E-state index in [0.717, 1.165) is 11.3 Å². The van der Waals surface area contributed by atoms with E-state index < -0.39 is 4.92 Å². The molecule has 2 heterocycles. The molecule has 9 nitrogen and oxygen atoms in total. The third-order valence-electron chi connectivity index (χ3n) is 3.25. The molecule has 0 atom stereocenters. The van der Waals surface area contributed by atoms with Gasteiger partial charge < -0.3 is 10.6 Å². The molecular weight excluding hydrogens is 310 g/mol. The van der Waals surface area contributed by atoms with Gasteiger partial charge in [-0.1, -0.05) is 6.07 Å². The van der Waals surface area contributed by atoms with Gasteiger partial charge in [0.05, 0.1) is 16.8 Å². The van der Waals surface area contributed by atoms with Crippen LogP contribution in [0.25, 0.3) is 0 Å². The Hall–Kier alpha value is -3.49. The van der Waals surface area contributed by atoms with Gasteiger partial charge in [0.25, 0.3) is 5.69 Å². The van der Waals surface area contributed by atoms with E-state index in [1.807, 2.05) is 20.2 Å². The predicted octanol–water partition coefficient (Wildman–Crippen LogP) is 2.91. The molecule has 2 N–H and O–H groups in total. The van der Waals surface area contributed by atoms with E-state index in [1.54, 1.807) is 29.2 Å². The fourth-order valence-electron chi connectivity index (χ4n) is 2.08. The van der Waals surface area contributed by atoms with Gasteiger partial charge in [-0.25, -0.2) is 4.98 Å². The first-order valence-electron chi connectivity index (χ1n) is 7.12. The number of rotatable bonds is 5. The second-order valence-electron chi connectivity index (χ2n) is 5.19. The van der Waals surface area contributed by atoms with Crippen LogP contribution in [0, 0.1) is 17.0 Å². The fraction of sp³-hybridized carbons (Fsp3) is 0.133. The van der Waals surface area contributed by atoms with Gasteiger partial charge in [0.15, 0.2) is 0 Å². The summed E-state index contributed by atoms with van der Waals surface area (Å²) in [6.07, 6.45) is 5.19. The van der Waals surface area contributed by atoms with E-state index in [1.165, 1.54) is 12.1 Å². The van der Waals surface area contributed by atoms with Crippen molar-refractivity contribution in [3.05, 3.63) is 58.5 Å². The van der Waals surface area contributed by atoms with Crippen molar-refractivity contribution in [3.63, 3.8) is 0 Å². The lowest BCUT2D eigenvalue weighted by Crippen LogP contribution is -2.02. The highest BCUT2D eigenvalue weighted by atomic mass is 16.6. The summed E-state index contributed by atoms with van der Waals surface area (Å²) in [5.41, 5.74) is 2.21. The molecule has 0 bridgehead atoms. The predicted molar refractivity (Wildman–Crippen MR) is 89.6 cm³/mol. The van der Waals surface area contributed by atoms with Crippen LogP contribution in [-0.4, -0.2) is 24.7 Å². The highest BCUT2D eigenvalue weighted by Gasteiger charge is 2.09. The molecule has 24 heavy (non-hydrogen) atoms. The van der Waals surface area contributed by atoms with E-state index in [9.17, 15) is 10.1 Å². The Bertz CT molecular complexity index is 891. The highest BCUT2D eigenvalue weighted by Crippen LogP contribution is 2.22. The molecule has 3 aromatic rings. The highest BCUT2D eigenvalue weighted by molar-refractivity contribution is 5.62. The molecule has 1 aromatic carbocycles. The Kier molecular flexibility index (Phi) is 4.06. The molecule has 0 radical (unpaired) electrons. The number of anilines is 4. The molecule has 0 aliphatic rings. The van der Waals surface area contributed by atoms with Crippen molar-refractivity contribution in [1.29, 1.82) is 0 Å². The average molecular weight is 325 g/mol. The maximum atomic E-state index is 10.8. The number of aryl methyl sites for hydroxylation is 2. The Balaban J connectivity index is 1.83. The molecule has 0 unspecified atom stereocenters. The molecule has 0 fully saturated rings. The molecule has 0 amide bonds. The first-order chi connectivity index (χ1) is 11.5. The number of nitro groups is 1. The monoisotopic (exact) mass is 325 g/mol. The molecule has 0 saturated carbocycles. The van der Waals surface area contributed by atoms with Gasteiger partial charge in [-0.15, -0.1) is 0 Å². The summed E-state index contributed by atoms with van der Waals surface area (Å²) < 4.78 is 1.68. The van der Waals surface area contributed by atoms with E-state index in [4.69, 9.17) is 0 Å². The summed E-state index contributed by atoms with van der Waals surface area (Å²) in [6.45, 7) is 1.88. The number of hydrogen-bond acceptors (Lipinski definition) is 7. The van der Waals surface area contributed by atoms with E-state index in [-0.39, 0.29) is 5.69 Å². The molecule has 2 aromatic heterocycles. The summed E-state index contributed by atoms with van der Waals surface area (Å²) in [5, 5.41) is 21.1. The minimum Gasteiger partial charge on any atom is -0.337 e. The Morgan fingerprint density at radius 2 is 2.04 bits per heavy atom. The third-order valence-corrected chi connectivity index (χ3v) is 3.25. The number of non-ortho nitro benzene ring substituents is 1. The lowest BCUT2D eigenvalue weighted by atomic mass is 10.3. The van der Waals surface area contributed by atoms with Crippen LogP contribution in [0.4, 0.5) is 28.8 Å². The average Bonchev–Trinajstić information content (AvgIpc) is 2.96. The first kappa shape index (κ1) is 15.4. The van der Waals surface area contributed by atoms with Crippen molar-refractivity contribution in [2.24, 2.45) is 7.05 Å². The minimum absolute atomic E-state index is 0.000759. The van der Waals surface area contributed by atoms with E-state index in [2.05, 4.69) is 25.7 Å². The molecule has 0 aliphatic carbocycles. The van der Waals surface area contributed by atoms with Crippen LogP contribution in [0.15, 0.2) is 42.9 Å². The van der Waals surface area contributed by atoms with Gasteiger partial charge >= 0.3 is 0 Å². The van der Waals surface area contributed by atoms with Crippen molar-refractivity contribution in [2.75, 3.05) is 10.6 Å². The van der Waals surface area contributed by atoms with Crippen molar-refractivity contribution >= 4 is 28.8 Å². The topological polar surface area (TPSA) is 111 Å². The molecule has 0 spiro atoms. The van der Waals surface area contributed by atoms with Crippen molar-refractivity contribution < 1.29 is 4.92 Å². The molecular formula is C15H15N7O2. The molecule has 122 valence electrons. The molecule has 3 rings (SSSR count). The zero-order valence-electron chi connectivity index (χ0n) is 13.1. The SMILES string of the molecule is Cc1cnc(Nc2cccc([N+](=O)[O-])c2)nc1Nc1cnn(C)c1. The second-order valence-corrected chi connectivity index (χ2v) is 5.19. The zero-order valence-corrected chi connectivity index (χ0v) is 13.1. The molecule has 0 aliphatic heterocycles. The largest absolute Gasteiger partial charge is 0.337 e. The van der Waals surface area contributed by atoms with E-state index in [0.29, 0.717) is 17.5 Å². The Labute approximate surface area is 137 Å². The van der Waals surface area contributed by atoms with Crippen LogP contribution in [0.3, 0.4) is 0 Å². The standard InChI is InChI=1S/C15H15N7O2/c1-10-7-16-15(19-11-4-3-5-13(6-11)22(23)24)20-14(10)18-12-8-17-21(2)9-12/h3-9H,1-2H3,(H2,16,18,19,20). The van der Waals surface area contributed by atoms with Gasteiger partial charge in [-0.05, 0) is 13.0 Å². The van der Waals surface area contributed by atoms with Crippen LogP contribution in [0.2, 0.25) is 0 Å². The maximum absolute atomic E-state index is 10.8. The number of aromatic nitrogens is 4. The molecule has 0 saturated heterocycles. The smallest absolute Gasteiger partial charge is 0.271 e. The number of nitrogens with zero attached hydrogens (tertiary/aromatic N) is 5. The summed E-state index contributed by atoms with van der Waals surface area (Å²) in [5.74, 6) is 0.971. The van der Waals surface area contributed by atoms with Crippen LogP contribution in [0.1, 0.15) is 5.56 Å². The maximum Gasteiger partial charge on any atom is 0.271 e. The normalized spacial score (nSPS) is 10.4. The van der Waals surface area contributed by atoms with Crippen molar-refractivity contribution in [2.45, 2.75) is 6.92 Å². The minimum atomic E-state index is -0.448. The first-order valence-corrected chi connectivity index (χ1v) is 7.12. The van der Waals surface area contributed by atoms with Crippen molar-refractivity contribution in [1.82, 2.24) is 19.7 Å². The van der Waals surface area contributed by atoms with Gasteiger partial charge in [0.1, 0.15) is 5.82 Å². The van der Waals surface area contributed by atoms with Gasteiger partial charge in [0.2, 0.25) is 5.95 Å². The fourth-order valence-corrected chi connectivity index (χ4v) is 2.08. The number of nitro benzene ring substituents is 1. The lowest BCUT2D eigenvalue weighted by Gasteiger charge is -2.09. The Morgan fingerprint density at radius 1 is 1.21 bits per heavy atom. The van der Waals surface area contributed by atoms with Gasteiger partial charge in [0, 0.05) is 42.8 Å². The number of nitrogens with one attached hydrogen (secondary N) is 2. The summed E-state index contributed by atoms with van der Waals surface area (Å²) in [7, 11) is 1.83. The van der Waals surface area contributed by atoms with Gasteiger partial charge in [-0.3, -0.25) is 14.8 Å². The quantitative estimate of drug-likeness (QED) is 0.548. The number of hydrogen-bond donors (Lipinski definition) is 2. The molecule has 9 heteroatoms. The third kappa shape index (κ3) is 3.46. The second kappa shape index (κ2) is 6.32. The van der Waals surface area contributed by atoms with Crippen LogP contribution in [0.5, 0.6) is 0 Å². The zero-order chi connectivity index (χ0) is 17.1.